The van der Waals surface area contributed by atoms with Crippen molar-refractivity contribution in [3.8, 4) is 5.75 Å². The normalized spacial score (nSPS) is 17.2. The van der Waals surface area contributed by atoms with Crippen molar-refractivity contribution in [3.05, 3.63) is 48.0 Å². The first-order valence-electron chi connectivity index (χ1n) is 9.85. The Bertz CT molecular complexity index is 946. The van der Waals surface area contributed by atoms with E-state index in [0.29, 0.717) is 23.2 Å². The summed E-state index contributed by atoms with van der Waals surface area (Å²) in [5, 5.41) is 6.83. The van der Waals surface area contributed by atoms with Crippen LogP contribution in [-0.2, 0) is 16.4 Å². The fourth-order valence-electron chi connectivity index (χ4n) is 4.02. The lowest BCUT2D eigenvalue weighted by atomic mass is 10.0. The number of sulfonamides is 1. The number of ether oxygens (including phenoxy) is 1. The van der Waals surface area contributed by atoms with Gasteiger partial charge in [-0.2, -0.15) is 0 Å². The number of methoxy groups -OCH3 is 1. The van der Waals surface area contributed by atoms with Crippen molar-refractivity contribution in [1.82, 2.24) is 5.32 Å². The molecule has 0 aliphatic carbocycles. The molecule has 2 aliphatic rings. The van der Waals surface area contributed by atoms with E-state index in [-0.39, 0.29) is 12.4 Å². The number of anilines is 2. The monoisotopic (exact) mass is 437 g/mol. The summed E-state index contributed by atoms with van der Waals surface area (Å²) in [6, 6.07) is 13.2. The number of halogens is 1. The number of benzene rings is 2. The summed E-state index contributed by atoms with van der Waals surface area (Å²) in [7, 11) is -2.03. The third-order valence-corrected chi connectivity index (χ3v) is 7.33. The van der Waals surface area contributed by atoms with Crippen LogP contribution in [0.2, 0.25) is 0 Å². The molecule has 8 heteroatoms. The zero-order valence-electron chi connectivity index (χ0n) is 16.6. The third-order valence-electron chi connectivity index (χ3n) is 5.53. The number of piperidine rings is 1. The van der Waals surface area contributed by atoms with Gasteiger partial charge in [0, 0.05) is 12.6 Å². The minimum Gasteiger partial charge on any atom is -0.495 e. The van der Waals surface area contributed by atoms with Crippen molar-refractivity contribution < 1.29 is 13.2 Å². The highest BCUT2D eigenvalue weighted by Crippen LogP contribution is 2.35. The average Bonchev–Trinajstić information content (AvgIpc) is 2.74. The molecule has 0 spiro atoms. The molecule has 158 valence electrons. The van der Waals surface area contributed by atoms with Gasteiger partial charge in [-0.1, -0.05) is 18.2 Å². The maximum atomic E-state index is 13.4. The number of fused-ring (bicyclic) bond motifs is 1. The maximum absolute atomic E-state index is 13.4. The minimum atomic E-state index is -3.64. The predicted octanol–water partition coefficient (Wildman–Crippen LogP) is 3.42. The highest BCUT2D eigenvalue weighted by atomic mass is 35.5. The van der Waals surface area contributed by atoms with Crippen LogP contribution < -0.4 is 19.7 Å². The Labute approximate surface area is 179 Å². The lowest BCUT2D eigenvalue weighted by molar-refractivity contribution is 0.413. The Morgan fingerprint density at radius 1 is 1.14 bits per heavy atom. The van der Waals surface area contributed by atoms with Gasteiger partial charge in [-0.15, -0.1) is 12.4 Å². The van der Waals surface area contributed by atoms with Crippen molar-refractivity contribution in [2.24, 2.45) is 0 Å². The van der Waals surface area contributed by atoms with Crippen LogP contribution in [0.1, 0.15) is 24.8 Å². The van der Waals surface area contributed by atoms with Crippen molar-refractivity contribution in [1.29, 1.82) is 0 Å². The summed E-state index contributed by atoms with van der Waals surface area (Å²) in [5.41, 5.74) is 2.61. The summed E-state index contributed by atoms with van der Waals surface area (Å²) in [4.78, 5) is 0.293. The first kappa shape index (κ1) is 21.7. The summed E-state index contributed by atoms with van der Waals surface area (Å²) in [5.74, 6) is 0.663. The maximum Gasteiger partial charge on any atom is 0.264 e. The number of rotatable bonds is 5. The van der Waals surface area contributed by atoms with Crippen LogP contribution in [0.3, 0.4) is 0 Å². The van der Waals surface area contributed by atoms with E-state index in [2.05, 4.69) is 10.6 Å². The van der Waals surface area contributed by atoms with Gasteiger partial charge in [0.25, 0.3) is 10.0 Å². The quantitative estimate of drug-likeness (QED) is 0.749. The van der Waals surface area contributed by atoms with Crippen LogP contribution in [0.5, 0.6) is 5.75 Å². The van der Waals surface area contributed by atoms with Crippen LogP contribution >= 0.6 is 12.4 Å². The molecule has 2 aromatic rings. The topological polar surface area (TPSA) is 70.7 Å². The molecule has 29 heavy (non-hydrogen) atoms. The van der Waals surface area contributed by atoms with E-state index >= 15 is 0 Å². The van der Waals surface area contributed by atoms with Crippen LogP contribution in [-0.4, -0.2) is 41.2 Å². The summed E-state index contributed by atoms with van der Waals surface area (Å²) in [6.45, 7) is 2.42. The van der Waals surface area contributed by atoms with Gasteiger partial charge in [-0.3, -0.25) is 4.31 Å². The first-order valence-corrected chi connectivity index (χ1v) is 11.3. The van der Waals surface area contributed by atoms with Gasteiger partial charge in [0.1, 0.15) is 5.75 Å². The highest BCUT2D eigenvalue weighted by Gasteiger charge is 2.29. The molecule has 0 saturated carbocycles. The molecule has 0 unspecified atom stereocenters. The van der Waals surface area contributed by atoms with Crippen LogP contribution in [0.25, 0.3) is 0 Å². The smallest absolute Gasteiger partial charge is 0.264 e. The second kappa shape index (κ2) is 9.24. The predicted molar refractivity (Wildman–Crippen MR) is 119 cm³/mol. The van der Waals surface area contributed by atoms with E-state index in [4.69, 9.17) is 4.74 Å². The molecule has 2 heterocycles. The van der Waals surface area contributed by atoms with E-state index in [9.17, 15) is 8.42 Å². The van der Waals surface area contributed by atoms with Gasteiger partial charge in [-0.05, 0) is 68.6 Å². The minimum absolute atomic E-state index is 0. The highest BCUT2D eigenvalue weighted by molar-refractivity contribution is 7.92. The van der Waals surface area contributed by atoms with Crippen molar-refractivity contribution in [2.75, 3.05) is 36.4 Å². The molecule has 0 bridgehead atoms. The van der Waals surface area contributed by atoms with Crippen LogP contribution in [0.15, 0.2) is 47.4 Å². The number of para-hydroxylation sites is 1. The van der Waals surface area contributed by atoms with Crippen molar-refractivity contribution in [2.45, 2.75) is 36.6 Å². The summed E-state index contributed by atoms with van der Waals surface area (Å²) >= 11 is 0. The Balaban J connectivity index is 0.00000240. The van der Waals surface area contributed by atoms with Gasteiger partial charge in [-0.25, -0.2) is 8.42 Å². The van der Waals surface area contributed by atoms with Crippen molar-refractivity contribution in [3.63, 3.8) is 0 Å². The molecular formula is C21H28ClN3O3S. The molecule has 1 fully saturated rings. The molecular weight excluding hydrogens is 410 g/mol. The second-order valence-corrected chi connectivity index (χ2v) is 9.20. The molecule has 0 radical (unpaired) electrons. The van der Waals surface area contributed by atoms with Crippen molar-refractivity contribution >= 4 is 33.8 Å². The summed E-state index contributed by atoms with van der Waals surface area (Å²) in [6.07, 6.45) is 3.74. The van der Waals surface area contributed by atoms with E-state index in [1.54, 1.807) is 29.6 Å². The Morgan fingerprint density at radius 2 is 1.90 bits per heavy atom. The second-order valence-electron chi connectivity index (χ2n) is 7.34. The fraction of sp³-hybridized carbons (Fsp3) is 0.429. The number of aryl methyl sites for hydroxylation is 1. The number of hydrogen-bond acceptors (Lipinski definition) is 5. The molecule has 0 atom stereocenters. The molecule has 0 aromatic heterocycles. The Kier molecular flexibility index (Phi) is 6.93. The SMILES string of the molecule is COc1ccc(S(=O)(=O)N2CCCc3ccccc32)cc1NC1CCNCC1.Cl. The van der Waals surface area contributed by atoms with Gasteiger partial charge < -0.3 is 15.4 Å². The van der Waals surface area contributed by atoms with Crippen LogP contribution in [0.4, 0.5) is 11.4 Å². The fourth-order valence-corrected chi connectivity index (χ4v) is 5.59. The van der Waals surface area contributed by atoms with Gasteiger partial charge in [0.15, 0.2) is 0 Å². The Morgan fingerprint density at radius 3 is 2.66 bits per heavy atom. The lowest BCUT2D eigenvalue weighted by Crippen LogP contribution is -2.36. The Hall–Kier alpha value is -1.96. The van der Waals surface area contributed by atoms with Gasteiger partial charge >= 0.3 is 0 Å². The van der Waals surface area contributed by atoms with E-state index in [1.807, 2.05) is 24.3 Å². The lowest BCUT2D eigenvalue weighted by Gasteiger charge is -2.31. The van der Waals surface area contributed by atoms with E-state index in [1.165, 1.54) is 0 Å². The average molecular weight is 438 g/mol. The standard InChI is InChI=1S/C21H27N3O3S.ClH/c1-27-21-9-8-18(15-19(21)23-17-10-12-22-13-11-17)28(25,26)24-14-4-6-16-5-2-3-7-20(16)24;/h2-3,5,7-9,15,17,22-23H,4,6,10-14H2,1H3;1H. The zero-order valence-corrected chi connectivity index (χ0v) is 18.2. The number of nitrogens with one attached hydrogen (secondary N) is 2. The molecule has 2 aromatic carbocycles. The van der Waals surface area contributed by atoms with Gasteiger partial charge in [0.05, 0.1) is 23.4 Å². The summed E-state index contributed by atoms with van der Waals surface area (Å²) < 4.78 is 33.9. The van der Waals surface area contributed by atoms with E-state index in [0.717, 1.165) is 55.7 Å². The molecule has 4 rings (SSSR count). The van der Waals surface area contributed by atoms with Gasteiger partial charge in [0.2, 0.25) is 0 Å². The zero-order chi connectivity index (χ0) is 19.6. The number of nitrogens with zero attached hydrogens (tertiary/aromatic N) is 1. The largest absolute Gasteiger partial charge is 0.495 e. The molecule has 2 N–H and O–H groups in total. The molecule has 2 aliphatic heterocycles. The molecule has 1 saturated heterocycles. The third kappa shape index (κ3) is 4.47. The molecule has 0 amide bonds. The van der Waals surface area contributed by atoms with Crippen LogP contribution in [0, 0.1) is 0 Å². The number of hydrogen-bond donors (Lipinski definition) is 2. The molecule has 6 nitrogen and oxygen atoms in total. The van der Waals surface area contributed by atoms with E-state index < -0.39 is 10.0 Å². The first-order chi connectivity index (χ1) is 13.6.